The smallest absolute Gasteiger partial charge is 0.329 e. The molecular weight excluding hydrogens is 264 g/mol. The molecule has 1 aromatic heterocycles. The fourth-order valence-corrected chi connectivity index (χ4v) is 2.65. The van der Waals surface area contributed by atoms with E-state index in [1.54, 1.807) is 0 Å². The number of carboxylic acid groups (broad SMARTS) is 1. The number of amides is 1. The van der Waals surface area contributed by atoms with Crippen molar-refractivity contribution < 1.29 is 24.0 Å². The monoisotopic (exact) mass is 282 g/mol. The van der Waals surface area contributed by atoms with E-state index in [9.17, 15) is 14.7 Å². The van der Waals surface area contributed by atoms with Crippen LogP contribution in [0.15, 0.2) is 10.6 Å². The SMILES string of the molecule is COc1cc(C(=O)N(C)C2(C(=O)O)CCCCC2)on1. The van der Waals surface area contributed by atoms with Crippen LogP contribution in [-0.4, -0.2) is 46.7 Å². The Morgan fingerprint density at radius 1 is 1.40 bits per heavy atom. The first kappa shape index (κ1) is 14.4. The van der Waals surface area contributed by atoms with Crippen molar-refractivity contribution in [3.63, 3.8) is 0 Å². The summed E-state index contributed by atoms with van der Waals surface area (Å²) >= 11 is 0. The number of carboxylic acids is 1. The van der Waals surface area contributed by atoms with E-state index in [-0.39, 0.29) is 11.6 Å². The van der Waals surface area contributed by atoms with Crippen molar-refractivity contribution in [2.24, 2.45) is 0 Å². The number of rotatable bonds is 4. The van der Waals surface area contributed by atoms with E-state index in [0.717, 1.165) is 19.3 Å². The molecule has 0 aromatic carbocycles. The minimum Gasteiger partial charge on any atom is -0.479 e. The maximum absolute atomic E-state index is 12.4. The summed E-state index contributed by atoms with van der Waals surface area (Å²) in [6, 6.07) is 1.36. The summed E-state index contributed by atoms with van der Waals surface area (Å²) in [6.45, 7) is 0. The maximum Gasteiger partial charge on any atom is 0.329 e. The number of hydrogen-bond acceptors (Lipinski definition) is 5. The second-order valence-electron chi connectivity index (χ2n) is 5.00. The first-order chi connectivity index (χ1) is 9.51. The highest BCUT2D eigenvalue weighted by atomic mass is 16.5. The summed E-state index contributed by atoms with van der Waals surface area (Å²) in [5, 5.41) is 13.1. The molecule has 1 aliphatic carbocycles. The molecule has 0 saturated heterocycles. The first-order valence-corrected chi connectivity index (χ1v) is 6.53. The summed E-state index contributed by atoms with van der Waals surface area (Å²) in [6.07, 6.45) is 3.49. The van der Waals surface area contributed by atoms with E-state index in [0.29, 0.717) is 12.8 Å². The lowest BCUT2D eigenvalue weighted by Crippen LogP contribution is -2.56. The molecule has 0 unspecified atom stereocenters. The highest BCUT2D eigenvalue weighted by Crippen LogP contribution is 2.34. The van der Waals surface area contributed by atoms with Crippen molar-refractivity contribution in [3.05, 3.63) is 11.8 Å². The summed E-state index contributed by atoms with van der Waals surface area (Å²) in [5.74, 6) is -1.30. The molecular formula is C13H18N2O5. The zero-order valence-electron chi connectivity index (χ0n) is 11.6. The number of carbonyl (C=O) groups excluding carboxylic acids is 1. The van der Waals surface area contributed by atoms with Gasteiger partial charge in [0.15, 0.2) is 0 Å². The predicted octanol–water partition coefficient (Wildman–Crippen LogP) is 1.54. The Bertz CT molecular complexity index is 505. The molecule has 1 N–H and O–H groups in total. The summed E-state index contributed by atoms with van der Waals surface area (Å²) < 4.78 is 9.75. The van der Waals surface area contributed by atoms with Crippen molar-refractivity contribution in [1.29, 1.82) is 0 Å². The molecule has 1 fully saturated rings. The number of likely N-dealkylation sites (N-methyl/N-ethyl adjacent to an activating group) is 1. The van der Waals surface area contributed by atoms with Crippen molar-refractivity contribution >= 4 is 11.9 Å². The minimum atomic E-state index is -1.16. The molecule has 0 spiro atoms. The van der Waals surface area contributed by atoms with E-state index in [1.807, 2.05) is 0 Å². The Hall–Kier alpha value is -2.05. The van der Waals surface area contributed by atoms with Gasteiger partial charge in [0.05, 0.1) is 13.2 Å². The number of ether oxygens (including phenoxy) is 1. The van der Waals surface area contributed by atoms with Crippen LogP contribution in [0.4, 0.5) is 0 Å². The number of hydrogen-bond donors (Lipinski definition) is 1. The third kappa shape index (κ3) is 2.35. The summed E-state index contributed by atoms with van der Waals surface area (Å²) in [7, 11) is 2.91. The molecule has 1 aliphatic rings. The Morgan fingerprint density at radius 3 is 2.55 bits per heavy atom. The second kappa shape index (κ2) is 5.52. The lowest BCUT2D eigenvalue weighted by atomic mass is 9.80. The van der Waals surface area contributed by atoms with Crippen LogP contribution in [0.3, 0.4) is 0 Å². The first-order valence-electron chi connectivity index (χ1n) is 6.53. The van der Waals surface area contributed by atoms with Gasteiger partial charge < -0.3 is 19.3 Å². The Labute approximate surface area is 116 Å². The van der Waals surface area contributed by atoms with Crippen molar-refractivity contribution in [3.8, 4) is 5.88 Å². The topological polar surface area (TPSA) is 92.9 Å². The summed E-state index contributed by atoms with van der Waals surface area (Å²) in [4.78, 5) is 25.3. The number of nitrogens with zero attached hydrogens (tertiary/aromatic N) is 2. The molecule has 20 heavy (non-hydrogen) atoms. The highest BCUT2D eigenvalue weighted by Gasteiger charge is 2.46. The number of aliphatic carboxylic acids is 1. The Balaban J connectivity index is 2.25. The van der Waals surface area contributed by atoms with Crippen LogP contribution in [0.5, 0.6) is 5.88 Å². The molecule has 1 heterocycles. The van der Waals surface area contributed by atoms with Gasteiger partial charge in [-0.25, -0.2) is 4.79 Å². The summed E-state index contributed by atoms with van der Waals surface area (Å²) in [5.41, 5.74) is -1.16. The van der Waals surface area contributed by atoms with Gasteiger partial charge in [-0.05, 0) is 18.0 Å². The van der Waals surface area contributed by atoms with Gasteiger partial charge in [-0.2, -0.15) is 0 Å². The molecule has 0 atom stereocenters. The molecule has 1 amide bonds. The highest BCUT2D eigenvalue weighted by molar-refractivity contribution is 5.95. The van der Waals surface area contributed by atoms with E-state index in [4.69, 9.17) is 9.26 Å². The fourth-order valence-electron chi connectivity index (χ4n) is 2.65. The Morgan fingerprint density at radius 2 is 2.05 bits per heavy atom. The molecule has 7 heteroatoms. The third-order valence-electron chi connectivity index (χ3n) is 3.93. The van der Waals surface area contributed by atoms with Crippen LogP contribution in [0, 0.1) is 0 Å². The van der Waals surface area contributed by atoms with Crippen LogP contribution in [0.1, 0.15) is 42.7 Å². The molecule has 110 valence electrons. The van der Waals surface area contributed by atoms with Gasteiger partial charge in [-0.3, -0.25) is 4.79 Å². The zero-order valence-corrected chi connectivity index (χ0v) is 11.6. The van der Waals surface area contributed by atoms with Gasteiger partial charge in [0.25, 0.3) is 11.8 Å². The van der Waals surface area contributed by atoms with Gasteiger partial charge in [0.2, 0.25) is 5.76 Å². The quantitative estimate of drug-likeness (QED) is 0.900. The lowest BCUT2D eigenvalue weighted by Gasteiger charge is -2.40. The molecule has 1 aromatic rings. The maximum atomic E-state index is 12.4. The van der Waals surface area contributed by atoms with Gasteiger partial charge in [0.1, 0.15) is 5.54 Å². The standard InChI is InChI=1S/C13H18N2O5/c1-15(11(16)9-8-10(19-2)14-20-9)13(12(17)18)6-4-3-5-7-13/h8H,3-7H2,1-2H3,(H,17,18). The minimum absolute atomic E-state index is 0.0180. The van der Waals surface area contributed by atoms with E-state index in [1.165, 1.54) is 25.1 Å². The largest absolute Gasteiger partial charge is 0.479 e. The normalized spacial score (nSPS) is 17.5. The van der Waals surface area contributed by atoms with Crippen LogP contribution >= 0.6 is 0 Å². The average molecular weight is 282 g/mol. The molecule has 1 saturated carbocycles. The van der Waals surface area contributed by atoms with E-state index >= 15 is 0 Å². The third-order valence-corrected chi connectivity index (χ3v) is 3.93. The second-order valence-corrected chi connectivity index (χ2v) is 5.00. The number of aromatic nitrogens is 1. The Kier molecular flexibility index (Phi) is 3.96. The van der Waals surface area contributed by atoms with Crippen LogP contribution in [0.25, 0.3) is 0 Å². The molecule has 0 radical (unpaired) electrons. The van der Waals surface area contributed by atoms with Gasteiger partial charge >= 0.3 is 5.97 Å². The fraction of sp³-hybridized carbons (Fsp3) is 0.615. The number of carbonyl (C=O) groups is 2. The van der Waals surface area contributed by atoms with Gasteiger partial charge in [-0.15, -0.1) is 0 Å². The van der Waals surface area contributed by atoms with E-state index < -0.39 is 17.4 Å². The van der Waals surface area contributed by atoms with E-state index in [2.05, 4.69) is 5.16 Å². The van der Waals surface area contributed by atoms with Gasteiger partial charge in [0, 0.05) is 7.05 Å². The van der Waals surface area contributed by atoms with Crippen molar-refractivity contribution in [2.75, 3.05) is 14.2 Å². The lowest BCUT2D eigenvalue weighted by molar-refractivity contribution is -0.151. The van der Waals surface area contributed by atoms with Crippen molar-refractivity contribution in [1.82, 2.24) is 10.1 Å². The molecule has 0 bridgehead atoms. The molecule has 2 rings (SSSR count). The predicted molar refractivity (Wildman–Crippen MR) is 68.6 cm³/mol. The average Bonchev–Trinajstić information content (AvgIpc) is 2.95. The molecule has 0 aliphatic heterocycles. The number of methoxy groups -OCH3 is 1. The molecule has 7 nitrogen and oxygen atoms in total. The van der Waals surface area contributed by atoms with Crippen LogP contribution in [-0.2, 0) is 4.79 Å². The zero-order chi connectivity index (χ0) is 14.8. The van der Waals surface area contributed by atoms with Gasteiger partial charge in [-0.1, -0.05) is 19.3 Å². The van der Waals surface area contributed by atoms with Crippen LogP contribution in [0.2, 0.25) is 0 Å². The van der Waals surface area contributed by atoms with Crippen LogP contribution < -0.4 is 4.74 Å². The van der Waals surface area contributed by atoms with Crippen molar-refractivity contribution in [2.45, 2.75) is 37.6 Å².